The normalized spacial score (nSPS) is 9.88. The van der Waals surface area contributed by atoms with Crippen LogP contribution >= 0.6 is 11.6 Å². The molecule has 0 saturated heterocycles. The Balaban J connectivity index is 2.80. The van der Waals surface area contributed by atoms with Crippen LogP contribution < -0.4 is 5.32 Å². The highest BCUT2D eigenvalue weighted by atomic mass is 35.5. The van der Waals surface area contributed by atoms with Crippen LogP contribution in [-0.4, -0.2) is 22.2 Å². The van der Waals surface area contributed by atoms with Crippen molar-refractivity contribution in [2.75, 3.05) is 11.9 Å². The number of nitrogens with zero attached hydrogens (tertiary/aromatic N) is 2. The molecule has 0 aliphatic rings. The smallest absolute Gasteiger partial charge is 0.311 e. The molecule has 1 N–H and O–H groups in total. The van der Waals surface area contributed by atoms with Gasteiger partial charge in [-0.1, -0.05) is 11.6 Å². The average Bonchev–Trinajstić information content (AvgIpc) is 2.16. The van der Waals surface area contributed by atoms with Gasteiger partial charge in [0, 0.05) is 19.0 Å². The molecule has 0 saturated carbocycles. The van der Waals surface area contributed by atoms with E-state index in [4.69, 9.17) is 11.6 Å². The molecule has 0 bridgehead atoms. The number of nitrogens with one attached hydrogen (secondary N) is 1. The monoisotopic (exact) mass is 243 g/mol. The van der Waals surface area contributed by atoms with E-state index in [9.17, 15) is 14.9 Å². The Morgan fingerprint density at radius 2 is 2.31 bits per heavy atom. The number of carbonyl (C=O) groups excluding carboxylic acids is 1. The van der Waals surface area contributed by atoms with Crippen molar-refractivity contribution < 1.29 is 9.72 Å². The quantitative estimate of drug-likeness (QED) is 0.486. The Hall–Kier alpha value is -1.69. The van der Waals surface area contributed by atoms with Crippen molar-refractivity contribution in [3.8, 4) is 0 Å². The van der Waals surface area contributed by atoms with Gasteiger partial charge in [0.2, 0.25) is 5.82 Å². The first-order valence-electron chi connectivity index (χ1n) is 4.55. The third-order valence-corrected chi connectivity index (χ3v) is 2.02. The molecule has 0 fully saturated rings. The van der Waals surface area contributed by atoms with Crippen LogP contribution in [0.1, 0.15) is 13.3 Å². The second kappa shape index (κ2) is 5.41. The van der Waals surface area contributed by atoms with Gasteiger partial charge < -0.3 is 5.32 Å². The third kappa shape index (κ3) is 3.47. The van der Waals surface area contributed by atoms with Crippen LogP contribution in [0, 0.1) is 10.1 Å². The molecular weight excluding hydrogens is 234 g/mol. The molecule has 0 radical (unpaired) electrons. The fourth-order valence-electron chi connectivity index (χ4n) is 1.06. The van der Waals surface area contributed by atoms with Gasteiger partial charge in [-0.15, -0.1) is 0 Å². The number of anilines is 1. The van der Waals surface area contributed by atoms with Crippen LogP contribution in [0.15, 0.2) is 12.1 Å². The maximum absolute atomic E-state index is 10.7. The fourth-order valence-corrected chi connectivity index (χ4v) is 1.21. The largest absolute Gasteiger partial charge is 0.364 e. The molecule has 86 valence electrons. The Morgan fingerprint density at radius 1 is 1.62 bits per heavy atom. The van der Waals surface area contributed by atoms with Gasteiger partial charge >= 0.3 is 5.69 Å². The first kappa shape index (κ1) is 12.4. The number of carbonyl (C=O) groups is 1. The Labute approximate surface area is 96.8 Å². The summed E-state index contributed by atoms with van der Waals surface area (Å²) in [6, 6.07) is 2.61. The number of hydrogen-bond donors (Lipinski definition) is 1. The number of nitro groups is 1. The molecule has 0 atom stereocenters. The zero-order valence-corrected chi connectivity index (χ0v) is 9.32. The summed E-state index contributed by atoms with van der Waals surface area (Å²) in [4.78, 5) is 24.6. The molecule has 0 amide bonds. The van der Waals surface area contributed by atoms with Gasteiger partial charge in [-0.3, -0.25) is 14.9 Å². The molecule has 1 rings (SSSR count). The summed E-state index contributed by atoms with van der Waals surface area (Å²) in [5, 5.41) is 13.5. The predicted octanol–water partition coefficient (Wildman–Crippen LogP) is 2.03. The van der Waals surface area contributed by atoms with Gasteiger partial charge in [-0.2, -0.15) is 0 Å². The molecule has 6 nitrogen and oxygen atoms in total. The molecule has 16 heavy (non-hydrogen) atoms. The topological polar surface area (TPSA) is 85.1 Å². The Kier molecular flexibility index (Phi) is 4.19. The number of aromatic nitrogens is 1. The van der Waals surface area contributed by atoms with Crippen LogP contribution in [-0.2, 0) is 4.79 Å². The summed E-state index contributed by atoms with van der Waals surface area (Å²) in [5.41, 5.74) is -0.159. The van der Waals surface area contributed by atoms with E-state index in [-0.39, 0.29) is 28.9 Å². The molecule has 1 aromatic rings. The van der Waals surface area contributed by atoms with E-state index in [0.29, 0.717) is 6.54 Å². The Morgan fingerprint density at radius 3 is 2.88 bits per heavy atom. The number of pyridine rings is 1. The molecule has 1 heterocycles. The van der Waals surface area contributed by atoms with E-state index in [1.165, 1.54) is 19.1 Å². The average molecular weight is 244 g/mol. The number of Topliss-reactive ketones (excluding diaryl/α,β-unsaturated/α-hetero) is 1. The minimum atomic E-state index is -0.556. The molecule has 0 spiro atoms. The highest BCUT2D eigenvalue weighted by Crippen LogP contribution is 2.23. The van der Waals surface area contributed by atoms with Crippen molar-refractivity contribution >= 4 is 28.9 Å². The van der Waals surface area contributed by atoms with Gasteiger partial charge in [-0.05, 0) is 13.0 Å². The Bertz CT molecular complexity index is 422. The highest BCUT2D eigenvalue weighted by molar-refractivity contribution is 6.29. The standard InChI is InChI=1S/C9H10ClN3O3/c1-6(14)4-5-11-9-7(13(15)16)2-3-8(10)12-9/h2-3H,4-5H2,1H3,(H,11,12). The summed E-state index contributed by atoms with van der Waals surface area (Å²) in [5.74, 6) is 0.0796. The van der Waals surface area contributed by atoms with E-state index in [1.54, 1.807) is 0 Å². The summed E-state index contributed by atoms with van der Waals surface area (Å²) in [6.45, 7) is 1.74. The molecule has 7 heteroatoms. The fraction of sp³-hybridized carbons (Fsp3) is 0.333. The lowest BCUT2D eigenvalue weighted by Crippen LogP contribution is -2.09. The van der Waals surface area contributed by atoms with Crippen molar-refractivity contribution in [1.29, 1.82) is 0 Å². The van der Waals surface area contributed by atoms with Gasteiger partial charge in [0.05, 0.1) is 4.92 Å². The van der Waals surface area contributed by atoms with Gasteiger partial charge in [0.1, 0.15) is 10.9 Å². The molecule has 0 aromatic carbocycles. The van der Waals surface area contributed by atoms with E-state index < -0.39 is 4.92 Å². The number of ketones is 1. The van der Waals surface area contributed by atoms with E-state index >= 15 is 0 Å². The van der Waals surface area contributed by atoms with Gasteiger partial charge in [0.25, 0.3) is 0 Å². The minimum absolute atomic E-state index is 0.00261. The maximum atomic E-state index is 10.7. The second-order valence-electron chi connectivity index (χ2n) is 3.14. The second-order valence-corrected chi connectivity index (χ2v) is 3.52. The zero-order chi connectivity index (χ0) is 12.1. The maximum Gasteiger partial charge on any atom is 0.311 e. The lowest BCUT2D eigenvalue weighted by atomic mass is 10.3. The van der Waals surface area contributed by atoms with Crippen molar-refractivity contribution in [3.05, 3.63) is 27.4 Å². The van der Waals surface area contributed by atoms with Crippen LogP contribution in [0.5, 0.6) is 0 Å². The number of hydrogen-bond acceptors (Lipinski definition) is 5. The van der Waals surface area contributed by atoms with E-state index in [0.717, 1.165) is 0 Å². The SMILES string of the molecule is CC(=O)CCNc1nc(Cl)ccc1[N+](=O)[O-]. The summed E-state index contributed by atoms with van der Waals surface area (Å²) < 4.78 is 0. The van der Waals surface area contributed by atoms with Crippen molar-refractivity contribution in [3.63, 3.8) is 0 Å². The van der Waals surface area contributed by atoms with E-state index in [2.05, 4.69) is 10.3 Å². The number of halogens is 1. The molecule has 1 aromatic heterocycles. The molecule has 0 unspecified atom stereocenters. The minimum Gasteiger partial charge on any atom is -0.364 e. The van der Waals surface area contributed by atoms with Crippen LogP contribution in [0.25, 0.3) is 0 Å². The van der Waals surface area contributed by atoms with Crippen LogP contribution in [0.4, 0.5) is 11.5 Å². The summed E-state index contributed by atoms with van der Waals surface area (Å²) in [7, 11) is 0. The van der Waals surface area contributed by atoms with E-state index in [1.807, 2.05) is 0 Å². The number of rotatable bonds is 5. The lowest BCUT2D eigenvalue weighted by Gasteiger charge is -2.04. The third-order valence-electron chi connectivity index (χ3n) is 1.81. The van der Waals surface area contributed by atoms with Gasteiger partial charge in [-0.25, -0.2) is 4.98 Å². The highest BCUT2D eigenvalue weighted by Gasteiger charge is 2.15. The molecule has 0 aliphatic heterocycles. The van der Waals surface area contributed by atoms with Crippen molar-refractivity contribution in [2.24, 2.45) is 0 Å². The first-order chi connectivity index (χ1) is 7.50. The molecule has 0 aliphatic carbocycles. The predicted molar refractivity (Wildman–Crippen MR) is 59.7 cm³/mol. The van der Waals surface area contributed by atoms with Crippen molar-refractivity contribution in [2.45, 2.75) is 13.3 Å². The summed E-state index contributed by atoms with van der Waals surface area (Å²) >= 11 is 5.62. The van der Waals surface area contributed by atoms with Crippen LogP contribution in [0.3, 0.4) is 0 Å². The summed E-state index contributed by atoms with van der Waals surface area (Å²) in [6.07, 6.45) is 0.283. The zero-order valence-electron chi connectivity index (χ0n) is 8.57. The first-order valence-corrected chi connectivity index (χ1v) is 4.92. The molecular formula is C9H10ClN3O3. The van der Waals surface area contributed by atoms with Crippen molar-refractivity contribution in [1.82, 2.24) is 4.98 Å². The van der Waals surface area contributed by atoms with Gasteiger partial charge in [0.15, 0.2) is 0 Å². The lowest BCUT2D eigenvalue weighted by molar-refractivity contribution is -0.384. The van der Waals surface area contributed by atoms with Crippen LogP contribution in [0.2, 0.25) is 5.15 Å².